The van der Waals surface area contributed by atoms with Crippen molar-refractivity contribution in [3.05, 3.63) is 11.6 Å². The minimum absolute atomic E-state index is 0.181. The average Bonchev–Trinajstić information content (AvgIpc) is 2.89. The lowest BCUT2D eigenvalue weighted by atomic mass is 9.84. The molecule has 0 saturated heterocycles. The summed E-state index contributed by atoms with van der Waals surface area (Å²) in [5.74, 6) is 0. The van der Waals surface area contributed by atoms with Crippen LogP contribution in [0.25, 0.3) is 0 Å². The normalized spacial score (nSPS) is 26.1. The van der Waals surface area contributed by atoms with E-state index < -0.39 is 6.03 Å². The van der Waals surface area contributed by atoms with Gasteiger partial charge in [-0.3, -0.25) is 0 Å². The van der Waals surface area contributed by atoms with Crippen LogP contribution in [0.3, 0.4) is 0 Å². The van der Waals surface area contributed by atoms with Crippen molar-refractivity contribution in [3.63, 3.8) is 0 Å². The Kier molecular flexibility index (Phi) is 2.06. The Morgan fingerprint density at radius 3 is 2.93 bits per heavy atom. The van der Waals surface area contributed by atoms with Gasteiger partial charge in [-0.05, 0) is 32.6 Å². The number of amides is 2. The fraction of sp³-hybridized carbons (Fsp3) is 0.600. The third-order valence-corrected chi connectivity index (χ3v) is 3.19. The van der Waals surface area contributed by atoms with Crippen molar-refractivity contribution in [2.24, 2.45) is 16.3 Å². The Morgan fingerprint density at radius 2 is 2.36 bits per heavy atom. The van der Waals surface area contributed by atoms with Gasteiger partial charge in [0.15, 0.2) is 0 Å². The molecule has 0 aromatic heterocycles. The monoisotopic (exact) mass is 193 g/mol. The molecule has 2 rings (SSSR count). The average molecular weight is 193 g/mol. The van der Waals surface area contributed by atoms with Crippen LogP contribution in [0.5, 0.6) is 0 Å². The van der Waals surface area contributed by atoms with Gasteiger partial charge in [-0.2, -0.15) is 5.10 Å². The minimum Gasteiger partial charge on any atom is -0.350 e. The smallest absolute Gasteiger partial charge is 0.332 e. The summed E-state index contributed by atoms with van der Waals surface area (Å²) in [6.07, 6.45) is 6.56. The molecule has 1 saturated carbocycles. The van der Waals surface area contributed by atoms with Crippen molar-refractivity contribution < 1.29 is 4.79 Å². The van der Waals surface area contributed by atoms with Gasteiger partial charge < -0.3 is 5.73 Å². The molecule has 1 fully saturated rings. The molecule has 14 heavy (non-hydrogen) atoms. The Bertz CT molecular complexity index is 326. The molecule has 0 aliphatic heterocycles. The van der Waals surface area contributed by atoms with Gasteiger partial charge in [0.25, 0.3) is 0 Å². The first-order valence-electron chi connectivity index (χ1n) is 4.95. The highest BCUT2D eigenvalue weighted by Gasteiger charge is 2.49. The van der Waals surface area contributed by atoms with E-state index in [9.17, 15) is 4.79 Å². The van der Waals surface area contributed by atoms with Gasteiger partial charge in [0, 0.05) is 11.1 Å². The number of nitrogens with two attached hydrogens (primary N) is 1. The Morgan fingerprint density at radius 1 is 1.64 bits per heavy atom. The van der Waals surface area contributed by atoms with Crippen molar-refractivity contribution in [1.29, 1.82) is 0 Å². The molecule has 3 N–H and O–H groups in total. The Labute approximate surface area is 83.2 Å². The number of hydrogen-bond acceptors (Lipinski definition) is 2. The minimum atomic E-state index is -0.583. The van der Waals surface area contributed by atoms with Crippen LogP contribution >= 0.6 is 0 Å². The van der Waals surface area contributed by atoms with Crippen LogP contribution in [-0.2, 0) is 0 Å². The van der Waals surface area contributed by atoms with E-state index in [0.29, 0.717) is 0 Å². The fourth-order valence-electron chi connectivity index (χ4n) is 2.18. The molecular weight excluding hydrogens is 178 g/mol. The van der Waals surface area contributed by atoms with Crippen molar-refractivity contribution in [2.75, 3.05) is 0 Å². The van der Waals surface area contributed by atoms with E-state index in [4.69, 9.17) is 5.73 Å². The van der Waals surface area contributed by atoms with Gasteiger partial charge in [-0.25, -0.2) is 10.2 Å². The van der Waals surface area contributed by atoms with Gasteiger partial charge >= 0.3 is 6.03 Å². The number of rotatable bonds is 1. The topological polar surface area (TPSA) is 67.5 Å². The zero-order valence-corrected chi connectivity index (χ0v) is 8.34. The summed E-state index contributed by atoms with van der Waals surface area (Å²) in [6.45, 7) is 2.14. The number of nitrogens with one attached hydrogen (secondary N) is 1. The predicted molar refractivity (Wildman–Crippen MR) is 54.8 cm³/mol. The first kappa shape index (κ1) is 9.24. The molecule has 0 aromatic carbocycles. The molecule has 0 aromatic rings. The van der Waals surface area contributed by atoms with E-state index in [1.165, 1.54) is 5.57 Å². The van der Waals surface area contributed by atoms with Gasteiger partial charge in [0.05, 0.1) is 0 Å². The largest absolute Gasteiger partial charge is 0.350 e. The maximum atomic E-state index is 10.5. The first-order chi connectivity index (χ1) is 6.65. The molecule has 2 aliphatic carbocycles. The number of nitrogens with zero attached hydrogens (tertiary/aromatic N) is 1. The van der Waals surface area contributed by atoms with Gasteiger partial charge in [0.2, 0.25) is 0 Å². The lowest BCUT2D eigenvalue weighted by Crippen LogP contribution is -2.29. The third-order valence-electron chi connectivity index (χ3n) is 3.19. The summed E-state index contributed by atoms with van der Waals surface area (Å²) in [5.41, 5.74) is 9.98. The number of primary amides is 1. The second kappa shape index (κ2) is 3.12. The van der Waals surface area contributed by atoms with Crippen LogP contribution in [-0.4, -0.2) is 11.7 Å². The van der Waals surface area contributed by atoms with E-state index in [0.717, 1.165) is 31.4 Å². The molecule has 0 atom stereocenters. The van der Waals surface area contributed by atoms with Gasteiger partial charge in [0.1, 0.15) is 0 Å². The van der Waals surface area contributed by atoms with Gasteiger partial charge in [-0.1, -0.05) is 11.6 Å². The second-order valence-corrected chi connectivity index (χ2v) is 4.04. The number of allylic oxidation sites excluding steroid dienone is 2. The van der Waals surface area contributed by atoms with Crippen molar-refractivity contribution in [2.45, 2.75) is 32.6 Å². The number of hydrazone groups is 1. The summed E-state index contributed by atoms with van der Waals surface area (Å²) in [4.78, 5) is 10.5. The highest BCUT2D eigenvalue weighted by molar-refractivity contribution is 5.96. The molecule has 2 aliphatic rings. The molecule has 2 amide bonds. The summed E-state index contributed by atoms with van der Waals surface area (Å²) in [5, 5.41) is 4.10. The summed E-state index contributed by atoms with van der Waals surface area (Å²) in [7, 11) is 0. The molecule has 0 heterocycles. The van der Waals surface area contributed by atoms with Gasteiger partial charge in [-0.15, -0.1) is 0 Å². The molecule has 4 nitrogen and oxygen atoms in total. The molecule has 4 heteroatoms. The van der Waals surface area contributed by atoms with Crippen molar-refractivity contribution >= 4 is 11.7 Å². The van der Waals surface area contributed by atoms with E-state index >= 15 is 0 Å². The maximum absolute atomic E-state index is 10.5. The van der Waals surface area contributed by atoms with Crippen LogP contribution in [0, 0.1) is 5.41 Å². The zero-order valence-electron chi connectivity index (χ0n) is 8.34. The van der Waals surface area contributed by atoms with E-state index in [2.05, 4.69) is 23.5 Å². The lowest BCUT2D eigenvalue weighted by Gasteiger charge is -2.23. The Balaban J connectivity index is 2.17. The molecular formula is C10H15N3O. The molecule has 0 radical (unpaired) electrons. The first-order valence-corrected chi connectivity index (χ1v) is 4.95. The summed E-state index contributed by atoms with van der Waals surface area (Å²) in [6, 6.07) is -0.583. The number of urea groups is 1. The van der Waals surface area contributed by atoms with Crippen LogP contribution in [0.4, 0.5) is 4.79 Å². The molecule has 0 bridgehead atoms. The van der Waals surface area contributed by atoms with Crippen molar-refractivity contribution in [1.82, 2.24) is 5.43 Å². The second-order valence-electron chi connectivity index (χ2n) is 4.04. The number of carbonyl (C=O) groups is 1. The highest BCUT2D eigenvalue weighted by Crippen LogP contribution is 2.55. The summed E-state index contributed by atoms with van der Waals surface area (Å²) < 4.78 is 0. The number of carbonyl (C=O) groups excluding carboxylic acids is 1. The third kappa shape index (κ3) is 1.41. The molecule has 1 spiro atoms. The Hall–Kier alpha value is -1.32. The maximum Gasteiger partial charge on any atom is 0.332 e. The van der Waals surface area contributed by atoms with Crippen LogP contribution < -0.4 is 11.2 Å². The van der Waals surface area contributed by atoms with E-state index in [1.54, 1.807) is 0 Å². The predicted octanol–water partition coefficient (Wildman–Crippen LogP) is 1.53. The fourth-order valence-corrected chi connectivity index (χ4v) is 2.18. The van der Waals surface area contributed by atoms with E-state index in [-0.39, 0.29) is 5.41 Å². The zero-order chi connectivity index (χ0) is 10.2. The number of hydrogen-bond donors (Lipinski definition) is 2. The van der Waals surface area contributed by atoms with Crippen LogP contribution in [0.2, 0.25) is 0 Å². The van der Waals surface area contributed by atoms with Crippen LogP contribution in [0.15, 0.2) is 16.8 Å². The SMILES string of the molecule is CC1=CCC/C(=N/NC(N)=O)C12CC2. The highest BCUT2D eigenvalue weighted by atomic mass is 16.2. The molecule has 0 unspecified atom stereocenters. The molecule has 76 valence electrons. The lowest BCUT2D eigenvalue weighted by molar-refractivity contribution is 0.249. The van der Waals surface area contributed by atoms with Crippen LogP contribution in [0.1, 0.15) is 32.6 Å². The quantitative estimate of drug-likeness (QED) is 0.481. The van der Waals surface area contributed by atoms with Crippen molar-refractivity contribution in [3.8, 4) is 0 Å². The summed E-state index contributed by atoms with van der Waals surface area (Å²) >= 11 is 0. The standard InChI is InChI=1S/C10H15N3O/c1-7-3-2-4-8(10(7)5-6-10)12-13-9(11)14/h3H,2,4-6H2,1H3,(H3,11,13,14)/b12-8-. The van der Waals surface area contributed by atoms with E-state index in [1.807, 2.05) is 0 Å².